The van der Waals surface area contributed by atoms with Crippen LogP contribution < -0.4 is 4.90 Å². The summed E-state index contributed by atoms with van der Waals surface area (Å²) in [6.07, 6.45) is 1.11. The Bertz CT molecular complexity index is 753. The van der Waals surface area contributed by atoms with Crippen LogP contribution in [0.2, 0.25) is 0 Å². The van der Waals surface area contributed by atoms with Crippen LogP contribution in [0.25, 0.3) is 0 Å². The number of aliphatic hydroxyl groups is 1. The van der Waals surface area contributed by atoms with Crippen LogP contribution in [0.1, 0.15) is 25.3 Å². The number of hydrogen-bond acceptors (Lipinski definition) is 3. The zero-order valence-electron chi connectivity index (χ0n) is 15.7. The molecule has 3 rings (SSSR count). The number of likely N-dealkylation sites (tertiary alicyclic amines) is 1. The summed E-state index contributed by atoms with van der Waals surface area (Å²) in [5.41, 5.74) is 1.52. The fourth-order valence-corrected chi connectivity index (χ4v) is 3.74. The second-order valence-electron chi connectivity index (χ2n) is 7.03. The van der Waals surface area contributed by atoms with Crippen LogP contribution in [0.5, 0.6) is 0 Å². The molecule has 1 amide bonds. The van der Waals surface area contributed by atoms with Gasteiger partial charge < -0.3 is 14.9 Å². The van der Waals surface area contributed by atoms with Gasteiger partial charge in [0.2, 0.25) is 5.91 Å². The summed E-state index contributed by atoms with van der Waals surface area (Å²) in [6, 6.07) is 16.1. The minimum absolute atomic E-state index is 0.165. The van der Waals surface area contributed by atoms with Gasteiger partial charge in [-0.25, -0.2) is 4.39 Å². The molecule has 0 aromatic heterocycles. The van der Waals surface area contributed by atoms with Gasteiger partial charge >= 0.3 is 0 Å². The van der Waals surface area contributed by atoms with Crippen molar-refractivity contribution >= 4 is 11.6 Å². The van der Waals surface area contributed by atoms with E-state index in [-0.39, 0.29) is 18.0 Å². The molecule has 1 N–H and O–H groups in total. The number of piperidine rings is 1. The highest BCUT2D eigenvalue weighted by Gasteiger charge is 2.35. The lowest BCUT2D eigenvalue weighted by molar-refractivity contribution is -0.119. The average Bonchev–Trinajstić information content (AvgIpc) is 2.70. The lowest BCUT2D eigenvalue weighted by Gasteiger charge is -2.41. The normalized spacial score (nSPS) is 20.4. The van der Waals surface area contributed by atoms with Crippen molar-refractivity contribution in [3.05, 3.63) is 66.0 Å². The molecule has 2 aromatic rings. The SMILES string of the molecule is CCC(=O)N(c1ccccc1F)[C@H]1CCN(CCc2ccccc2)C[C@H]1O. The molecule has 1 heterocycles. The molecule has 0 aliphatic carbocycles. The van der Waals surface area contributed by atoms with Crippen molar-refractivity contribution in [2.24, 2.45) is 0 Å². The minimum Gasteiger partial charge on any atom is -0.390 e. The lowest BCUT2D eigenvalue weighted by Crippen LogP contribution is -2.56. The molecule has 0 spiro atoms. The van der Waals surface area contributed by atoms with Crippen LogP contribution >= 0.6 is 0 Å². The van der Waals surface area contributed by atoms with Gasteiger partial charge in [0, 0.05) is 26.1 Å². The number of carbonyl (C=O) groups excluding carboxylic acids is 1. The molecule has 0 saturated carbocycles. The Balaban J connectivity index is 1.68. The van der Waals surface area contributed by atoms with Crippen LogP contribution in [-0.4, -0.2) is 47.7 Å². The van der Waals surface area contributed by atoms with Gasteiger partial charge in [-0.2, -0.15) is 0 Å². The Labute approximate surface area is 160 Å². The van der Waals surface area contributed by atoms with Gasteiger partial charge in [0.25, 0.3) is 0 Å². The summed E-state index contributed by atoms with van der Waals surface area (Å²) in [5, 5.41) is 10.7. The van der Waals surface area contributed by atoms with E-state index in [9.17, 15) is 14.3 Å². The first-order valence-electron chi connectivity index (χ1n) is 9.61. The first-order valence-corrected chi connectivity index (χ1v) is 9.61. The molecule has 144 valence electrons. The number of para-hydroxylation sites is 1. The van der Waals surface area contributed by atoms with Gasteiger partial charge in [-0.3, -0.25) is 4.79 Å². The molecule has 0 radical (unpaired) electrons. The van der Waals surface area contributed by atoms with E-state index >= 15 is 0 Å². The highest BCUT2D eigenvalue weighted by atomic mass is 19.1. The molecular formula is C22H27FN2O2. The second-order valence-corrected chi connectivity index (χ2v) is 7.03. The summed E-state index contributed by atoms with van der Waals surface area (Å²) < 4.78 is 14.3. The van der Waals surface area contributed by atoms with Crippen LogP contribution in [0.15, 0.2) is 54.6 Å². The number of nitrogens with zero attached hydrogens (tertiary/aromatic N) is 2. The van der Waals surface area contributed by atoms with E-state index in [4.69, 9.17) is 0 Å². The van der Waals surface area contributed by atoms with E-state index in [0.29, 0.717) is 13.0 Å². The highest BCUT2D eigenvalue weighted by Crippen LogP contribution is 2.27. The molecule has 4 nitrogen and oxygen atoms in total. The Morgan fingerprint density at radius 3 is 2.56 bits per heavy atom. The first-order chi connectivity index (χ1) is 13.1. The summed E-state index contributed by atoms with van der Waals surface area (Å²) in [5.74, 6) is -0.597. The first kappa shape index (κ1) is 19.5. The number of anilines is 1. The van der Waals surface area contributed by atoms with Crippen LogP contribution in [-0.2, 0) is 11.2 Å². The van der Waals surface area contributed by atoms with E-state index < -0.39 is 18.0 Å². The van der Waals surface area contributed by atoms with Crippen molar-refractivity contribution in [1.29, 1.82) is 0 Å². The number of amides is 1. The van der Waals surface area contributed by atoms with E-state index in [1.807, 2.05) is 18.2 Å². The van der Waals surface area contributed by atoms with E-state index in [1.54, 1.807) is 25.1 Å². The third kappa shape index (κ3) is 4.73. The molecule has 0 unspecified atom stereocenters. The fraction of sp³-hybridized carbons (Fsp3) is 0.409. The van der Waals surface area contributed by atoms with Gasteiger partial charge in [0.05, 0.1) is 17.8 Å². The number of aliphatic hydroxyl groups excluding tert-OH is 1. The molecule has 1 aliphatic rings. The number of carbonyl (C=O) groups is 1. The predicted octanol–water partition coefficient (Wildman–Crippen LogP) is 3.25. The molecular weight excluding hydrogens is 343 g/mol. The number of hydrogen-bond donors (Lipinski definition) is 1. The standard InChI is InChI=1S/C22H27FN2O2/c1-2-22(27)25(19-11-7-6-10-18(19)23)20-13-15-24(16-21(20)26)14-12-17-8-4-3-5-9-17/h3-11,20-21,26H,2,12-16H2,1H3/t20-,21+/m0/s1. The maximum absolute atomic E-state index is 14.3. The van der Waals surface area contributed by atoms with Gasteiger partial charge in [0.15, 0.2) is 0 Å². The average molecular weight is 370 g/mol. The lowest BCUT2D eigenvalue weighted by atomic mass is 9.98. The van der Waals surface area contributed by atoms with Crippen LogP contribution in [0.3, 0.4) is 0 Å². The molecule has 5 heteroatoms. The second kappa shape index (κ2) is 9.11. The zero-order chi connectivity index (χ0) is 19.2. The fourth-order valence-electron chi connectivity index (χ4n) is 3.74. The van der Waals surface area contributed by atoms with Gasteiger partial charge in [-0.1, -0.05) is 49.4 Å². The largest absolute Gasteiger partial charge is 0.390 e. The third-order valence-electron chi connectivity index (χ3n) is 5.20. The van der Waals surface area contributed by atoms with Crippen molar-refractivity contribution in [1.82, 2.24) is 4.90 Å². The Morgan fingerprint density at radius 1 is 1.19 bits per heavy atom. The Hall–Kier alpha value is -2.24. The molecule has 27 heavy (non-hydrogen) atoms. The third-order valence-corrected chi connectivity index (χ3v) is 5.20. The molecule has 1 aliphatic heterocycles. The smallest absolute Gasteiger partial charge is 0.227 e. The summed E-state index contributed by atoms with van der Waals surface area (Å²) in [4.78, 5) is 16.2. The van der Waals surface area contributed by atoms with Gasteiger partial charge in [-0.05, 0) is 30.5 Å². The molecule has 1 fully saturated rings. The number of β-amino-alcohol motifs (C(OH)–C–C–N with tert-alkyl or cyclic N) is 1. The maximum Gasteiger partial charge on any atom is 0.227 e. The van der Waals surface area contributed by atoms with Crippen molar-refractivity contribution < 1.29 is 14.3 Å². The number of benzene rings is 2. The minimum atomic E-state index is -0.704. The number of rotatable bonds is 6. The summed E-state index contributed by atoms with van der Waals surface area (Å²) >= 11 is 0. The van der Waals surface area contributed by atoms with Crippen LogP contribution in [0, 0.1) is 5.82 Å². The molecule has 2 atom stereocenters. The predicted molar refractivity (Wildman–Crippen MR) is 105 cm³/mol. The number of halogens is 1. The maximum atomic E-state index is 14.3. The highest BCUT2D eigenvalue weighted by molar-refractivity contribution is 5.94. The van der Waals surface area contributed by atoms with E-state index in [0.717, 1.165) is 19.5 Å². The Morgan fingerprint density at radius 2 is 1.89 bits per heavy atom. The molecule has 1 saturated heterocycles. The van der Waals surface area contributed by atoms with Gasteiger partial charge in [-0.15, -0.1) is 0 Å². The van der Waals surface area contributed by atoms with Crippen molar-refractivity contribution in [3.63, 3.8) is 0 Å². The van der Waals surface area contributed by atoms with E-state index in [2.05, 4.69) is 17.0 Å². The van der Waals surface area contributed by atoms with Crippen molar-refractivity contribution in [3.8, 4) is 0 Å². The zero-order valence-corrected chi connectivity index (χ0v) is 15.7. The summed E-state index contributed by atoms with van der Waals surface area (Å²) in [6.45, 7) is 3.88. The quantitative estimate of drug-likeness (QED) is 0.849. The van der Waals surface area contributed by atoms with Crippen molar-refractivity contribution in [2.75, 3.05) is 24.5 Å². The van der Waals surface area contributed by atoms with Crippen molar-refractivity contribution in [2.45, 2.75) is 38.3 Å². The topological polar surface area (TPSA) is 43.8 Å². The molecule has 2 aromatic carbocycles. The molecule has 0 bridgehead atoms. The summed E-state index contributed by atoms with van der Waals surface area (Å²) in [7, 11) is 0. The van der Waals surface area contributed by atoms with Gasteiger partial charge in [0.1, 0.15) is 5.82 Å². The van der Waals surface area contributed by atoms with E-state index in [1.165, 1.54) is 16.5 Å². The van der Waals surface area contributed by atoms with Crippen LogP contribution in [0.4, 0.5) is 10.1 Å². The Kier molecular flexibility index (Phi) is 6.58. The monoisotopic (exact) mass is 370 g/mol.